The summed E-state index contributed by atoms with van der Waals surface area (Å²) in [5.74, 6) is 0.109. The first kappa shape index (κ1) is 13.3. The Morgan fingerprint density at radius 1 is 0.955 bits per heavy atom. The minimum atomic E-state index is 0.109. The van der Waals surface area contributed by atoms with Crippen molar-refractivity contribution in [3.05, 3.63) is 70.9 Å². The predicted octanol–water partition coefficient (Wildman–Crippen LogP) is 4.52. The van der Waals surface area contributed by atoms with Crippen molar-refractivity contribution < 1.29 is 4.79 Å². The molecule has 1 aromatic heterocycles. The van der Waals surface area contributed by atoms with Gasteiger partial charge in [0.1, 0.15) is 0 Å². The summed E-state index contributed by atoms with van der Waals surface area (Å²) in [5.41, 5.74) is 5.50. The van der Waals surface area contributed by atoms with Crippen LogP contribution in [-0.4, -0.2) is 10.5 Å². The highest BCUT2D eigenvalue weighted by Crippen LogP contribution is 2.32. The zero-order valence-electron chi connectivity index (χ0n) is 12.8. The standard InChI is InChI=1S/C20H19NO/c1-14-8-2-3-9-15(14)20(22)21-18-12-6-4-10-16(18)17-11-5-7-13-19(17)21/h2-4,6,8-10,12H,5,7,11,13H2,1H3. The minimum absolute atomic E-state index is 0.109. The van der Waals surface area contributed by atoms with Crippen molar-refractivity contribution in [3.8, 4) is 0 Å². The number of aryl methyl sites for hydroxylation is 2. The van der Waals surface area contributed by atoms with Gasteiger partial charge < -0.3 is 0 Å². The highest BCUT2D eigenvalue weighted by atomic mass is 16.2. The van der Waals surface area contributed by atoms with Gasteiger partial charge in [0.05, 0.1) is 5.52 Å². The van der Waals surface area contributed by atoms with Crippen molar-refractivity contribution in [2.24, 2.45) is 0 Å². The number of carbonyl (C=O) groups is 1. The van der Waals surface area contributed by atoms with Crippen LogP contribution in [-0.2, 0) is 12.8 Å². The van der Waals surface area contributed by atoms with Gasteiger partial charge in [0.25, 0.3) is 5.91 Å². The van der Waals surface area contributed by atoms with Gasteiger partial charge >= 0.3 is 0 Å². The molecule has 0 saturated carbocycles. The Morgan fingerprint density at radius 2 is 1.68 bits per heavy atom. The largest absolute Gasteiger partial charge is 0.280 e. The van der Waals surface area contributed by atoms with Gasteiger partial charge in [-0.15, -0.1) is 0 Å². The van der Waals surface area contributed by atoms with Gasteiger partial charge in [0, 0.05) is 16.6 Å². The highest BCUT2D eigenvalue weighted by Gasteiger charge is 2.24. The molecule has 0 fully saturated rings. The number of hydrogen-bond donors (Lipinski definition) is 0. The van der Waals surface area contributed by atoms with Gasteiger partial charge in [0.2, 0.25) is 0 Å². The molecule has 2 aromatic carbocycles. The average molecular weight is 289 g/mol. The Morgan fingerprint density at radius 3 is 2.55 bits per heavy atom. The highest BCUT2D eigenvalue weighted by molar-refractivity contribution is 6.04. The maximum absolute atomic E-state index is 13.2. The number of para-hydroxylation sites is 1. The maximum Gasteiger partial charge on any atom is 0.262 e. The molecular weight excluding hydrogens is 270 g/mol. The van der Waals surface area contributed by atoms with Gasteiger partial charge in [0.15, 0.2) is 0 Å². The van der Waals surface area contributed by atoms with E-state index in [9.17, 15) is 4.79 Å². The van der Waals surface area contributed by atoms with Gasteiger partial charge in [-0.05, 0) is 55.9 Å². The average Bonchev–Trinajstić information content (AvgIpc) is 2.89. The third-order valence-electron chi connectivity index (χ3n) is 4.76. The summed E-state index contributed by atoms with van der Waals surface area (Å²) >= 11 is 0. The van der Waals surface area contributed by atoms with E-state index in [4.69, 9.17) is 0 Å². The van der Waals surface area contributed by atoms with Crippen LogP contribution in [0.4, 0.5) is 0 Å². The second kappa shape index (κ2) is 5.13. The van der Waals surface area contributed by atoms with Crippen LogP contribution >= 0.6 is 0 Å². The molecule has 0 aliphatic heterocycles. The number of aromatic nitrogens is 1. The first-order chi connectivity index (χ1) is 10.8. The molecule has 1 aliphatic rings. The lowest BCUT2D eigenvalue weighted by atomic mass is 9.95. The quantitative estimate of drug-likeness (QED) is 0.645. The molecule has 1 aliphatic carbocycles. The minimum Gasteiger partial charge on any atom is -0.280 e. The zero-order valence-corrected chi connectivity index (χ0v) is 12.8. The smallest absolute Gasteiger partial charge is 0.262 e. The van der Waals surface area contributed by atoms with E-state index in [0.29, 0.717) is 0 Å². The fourth-order valence-electron chi connectivity index (χ4n) is 3.66. The van der Waals surface area contributed by atoms with Crippen LogP contribution in [0.5, 0.6) is 0 Å². The molecule has 22 heavy (non-hydrogen) atoms. The summed E-state index contributed by atoms with van der Waals surface area (Å²) in [6.07, 6.45) is 4.48. The van der Waals surface area contributed by atoms with E-state index in [-0.39, 0.29) is 5.91 Å². The molecule has 0 atom stereocenters. The van der Waals surface area contributed by atoms with Crippen LogP contribution in [0.25, 0.3) is 10.9 Å². The lowest BCUT2D eigenvalue weighted by Crippen LogP contribution is -2.18. The second-order valence-corrected chi connectivity index (χ2v) is 6.10. The number of nitrogens with zero attached hydrogens (tertiary/aromatic N) is 1. The van der Waals surface area contributed by atoms with Gasteiger partial charge in [-0.3, -0.25) is 9.36 Å². The molecule has 0 amide bonds. The van der Waals surface area contributed by atoms with Crippen molar-refractivity contribution in [2.75, 3.05) is 0 Å². The molecule has 0 radical (unpaired) electrons. The molecule has 2 heteroatoms. The van der Waals surface area contributed by atoms with E-state index in [1.54, 1.807) is 0 Å². The van der Waals surface area contributed by atoms with Crippen LogP contribution in [0, 0.1) is 6.92 Å². The third-order valence-corrected chi connectivity index (χ3v) is 4.76. The summed E-state index contributed by atoms with van der Waals surface area (Å²) in [6, 6.07) is 16.2. The molecule has 0 N–H and O–H groups in total. The fraction of sp³-hybridized carbons (Fsp3) is 0.250. The summed E-state index contributed by atoms with van der Waals surface area (Å²) < 4.78 is 1.96. The fourth-order valence-corrected chi connectivity index (χ4v) is 3.66. The van der Waals surface area contributed by atoms with E-state index in [0.717, 1.165) is 29.5 Å². The number of benzene rings is 2. The van der Waals surface area contributed by atoms with Gasteiger partial charge in [-0.25, -0.2) is 0 Å². The van der Waals surface area contributed by atoms with E-state index >= 15 is 0 Å². The number of fused-ring (bicyclic) bond motifs is 3. The van der Waals surface area contributed by atoms with Gasteiger partial charge in [-0.2, -0.15) is 0 Å². The van der Waals surface area contributed by atoms with E-state index in [1.807, 2.05) is 41.8 Å². The molecule has 0 unspecified atom stereocenters. The Labute approximate surface area is 130 Å². The van der Waals surface area contributed by atoms with Crippen molar-refractivity contribution in [3.63, 3.8) is 0 Å². The van der Waals surface area contributed by atoms with Crippen molar-refractivity contribution in [2.45, 2.75) is 32.6 Å². The summed E-state index contributed by atoms with van der Waals surface area (Å²) in [5, 5.41) is 1.25. The number of rotatable bonds is 1. The van der Waals surface area contributed by atoms with Gasteiger partial charge in [-0.1, -0.05) is 36.4 Å². The molecular formula is C20H19NO. The lowest BCUT2D eigenvalue weighted by Gasteiger charge is -2.15. The van der Waals surface area contributed by atoms with E-state index < -0.39 is 0 Å². The van der Waals surface area contributed by atoms with Crippen molar-refractivity contribution in [1.29, 1.82) is 0 Å². The SMILES string of the molecule is Cc1ccccc1C(=O)n1c2c(c3ccccc31)CCCC2. The zero-order chi connectivity index (χ0) is 15.1. The van der Waals surface area contributed by atoms with Crippen molar-refractivity contribution >= 4 is 16.8 Å². The molecule has 110 valence electrons. The van der Waals surface area contributed by atoms with E-state index in [2.05, 4.69) is 18.2 Å². The third kappa shape index (κ3) is 1.91. The van der Waals surface area contributed by atoms with Crippen LogP contribution in [0.1, 0.15) is 40.0 Å². The summed E-state index contributed by atoms with van der Waals surface area (Å²) in [4.78, 5) is 13.2. The van der Waals surface area contributed by atoms with Crippen LogP contribution in [0.3, 0.4) is 0 Å². The Bertz CT molecular complexity index is 873. The van der Waals surface area contributed by atoms with Crippen LogP contribution < -0.4 is 0 Å². The van der Waals surface area contributed by atoms with Crippen LogP contribution in [0.2, 0.25) is 0 Å². The Kier molecular flexibility index (Phi) is 3.11. The molecule has 0 bridgehead atoms. The molecule has 3 aromatic rings. The lowest BCUT2D eigenvalue weighted by molar-refractivity contribution is 0.0961. The molecule has 0 saturated heterocycles. The molecule has 1 heterocycles. The van der Waals surface area contributed by atoms with E-state index in [1.165, 1.54) is 29.5 Å². The molecule has 0 spiro atoms. The second-order valence-electron chi connectivity index (χ2n) is 6.10. The summed E-state index contributed by atoms with van der Waals surface area (Å²) in [6.45, 7) is 2.01. The monoisotopic (exact) mass is 289 g/mol. The summed E-state index contributed by atoms with van der Waals surface area (Å²) in [7, 11) is 0. The first-order valence-electron chi connectivity index (χ1n) is 7.99. The molecule has 4 rings (SSSR count). The normalized spacial score (nSPS) is 14.0. The maximum atomic E-state index is 13.2. The Hall–Kier alpha value is -2.35. The first-order valence-corrected chi connectivity index (χ1v) is 7.99. The predicted molar refractivity (Wildman–Crippen MR) is 89.5 cm³/mol. The van der Waals surface area contributed by atoms with Crippen molar-refractivity contribution in [1.82, 2.24) is 4.57 Å². The molecule has 2 nitrogen and oxygen atoms in total. The number of carbonyl (C=O) groups excluding carboxylic acids is 1. The van der Waals surface area contributed by atoms with Crippen LogP contribution in [0.15, 0.2) is 48.5 Å². The number of hydrogen-bond acceptors (Lipinski definition) is 1. The topological polar surface area (TPSA) is 22.0 Å². The Balaban J connectivity index is 1.99.